The van der Waals surface area contributed by atoms with Crippen LogP contribution in [0.5, 0.6) is 11.5 Å². The van der Waals surface area contributed by atoms with Gasteiger partial charge in [-0.2, -0.15) is 5.10 Å². The number of phenols is 1. The van der Waals surface area contributed by atoms with E-state index in [-0.39, 0.29) is 17.7 Å². The summed E-state index contributed by atoms with van der Waals surface area (Å²) in [5.74, 6) is 0.644. The molecule has 142 valence electrons. The molecule has 2 aromatic carbocycles. The minimum absolute atomic E-state index is 0.000686. The van der Waals surface area contributed by atoms with Gasteiger partial charge in [-0.25, -0.2) is 16.3 Å². The molecule has 0 aliphatic carbocycles. The third kappa shape index (κ3) is 5.06. The number of amides is 1. The van der Waals surface area contributed by atoms with Gasteiger partial charge in [0.1, 0.15) is 17.5 Å². The molecule has 0 bridgehead atoms. The van der Waals surface area contributed by atoms with Crippen LogP contribution in [0.2, 0.25) is 0 Å². The van der Waals surface area contributed by atoms with Gasteiger partial charge in [0.25, 0.3) is 5.91 Å². The molecule has 1 saturated heterocycles. The van der Waals surface area contributed by atoms with Crippen LogP contribution >= 0.6 is 15.9 Å². The Kier molecular flexibility index (Phi) is 6.44. The fourth-order valence-corrected chi connectivity index (χ4v) is 3.19. The van der Waals surface area contributed by atoms with E-state index in [2.05, 4.69) is 37.3 Å². The lowest BCUT2D eigenvalue weighted by atomic mass is 10.0. The molecule has 2 unspecified atom stereocenters. The predicted octanol–water partition coefficient (Wildman–Crippen LogP) is 2.61. The average Bonchev–Trinajstić information content (AvgIpc) is 3.15. The highest BCUT2D eigenvalue weighted by Gasteiger charge is 2.30. The number of nitrogens with one attached hydrogen (secondary N) is 3. The zero-order chi connectivity index (χ0) is 19.2. The molecule has 1 fully saturated rings. The van der Waals surface area contributed by atoms with Crippen molar-refractivity contribution in [3.05, 3.63) is 58.1 Å². The minimum Gasteiger partial charge on any atom is -0.507 e. The standard InChI is InChI=1S/C19H21BrN4O3/c1-2-27-15-5-3-4-12(9-15)16-10-17(23-22-16)19(26)24-21-11-13-8-14(20)6-7-18(13)25/h3-9,11,16-17,22-23,25H,2,10H2,1H3,(H,24,26)/b21-11+. The number of carbonyl (C=O) groups excluding carboxylic acids is 1. The van der Waals surface area contributed by atoms with Gasteiger partial charge in [-0.05, 0) is 49.2 Å². The molecular formula is C19H21BrN4O3. The second-order valence-electron chi connectivity index (χ2n) is 6.07. The van der Waals surface area contributed by atoms with E-state index in [0.29, 0.717) is 18.6 Å². The van der Waals surface area contributed by atoms with E-state index in [9.17, 15) is 9.90 Å². The average molecular weight is 433 g/mol. The molecule has 0 spiro atoms. The summed E-state index contributed by atoms with van der Waals surface area (Å²) in [5, 5.41) is 13.7. The topological polar surface area (TPSA) is 95.0 Å². The Balaban J connectivity index is 1.57. The lowest BCUT2D eigenvalue weighted by Gasteiger charge is -2.11. The van der Waals surface area contributed by atoms with E-state index in [0.717, 1.165) is 15.8 Å². The summed E-state index contributed by atoms with van der Waals surface area (Å²) in [5.41, 5.74) is 10.2. The molecule has 0 radical (unpaired) electrons. The van der Waals surface area contributed by atoms with E-state index < -0.39 is 6.04 Å². The van der Waals surface area contributed by atoms with Crippen LogP contribution in [0.4, 0.5) is 0 Å². The number of halogens is 1. The van der Waals surface area contributed by atoms with Gasteiger partial charge < -0.3 is 9.84 Å². The highest BCUT2D eigenvalue weighted by molar-refractivity contribution is 9.10. The number of hydrogen-bond donors (Lipinski definition) is 4. The van der Waals surface area contributed by atoms with Gasteiger partial charge in [0.15, 0.2) is 0 Å². The predicted molar refractivity (Wildman–Crippen MR) is 107 cm³/mol. The number of rotatable bonds is 6. The molecule has 2 aromatic rings. The Morgan fingerprint density at radius 1 is 1.37 bits per heavy atom. The number of hydrazone groups is 1. The highest BCUT2D eigenvalue weighted by atomic mass is 79.9. The van der Waals surface area contributed by atoms with Crippen molar-refractivity contribution in [2.45, 2.75) is 25.4 Å². The molecule has 1 aliphatic heterocycles. The first-order valence-corrected chi connectivity index (χ1v) is 9.41. The summed E-state index contributed by atoms with van der Waals surface area (Å²) in [4.78, 5) is 12.3. The number of nitrogens with zero attached hydrogens (tertiary/aromatic N) is 1. The largest absolute Gasteiger partial charge is 0.507 e. The van der Waals surface area contributed by atoms with Crippen molar-refractivity contribution in [1.29, 1.82) is 0 Å². The first-order valence-electron chi connectivity index (χ1n) is 8.62. The van der Waals surface area contributed by atoms with E-state index in [4.69, 9.17) is 4.74 Å². The molecule has 1 aliphatic rings. The number of hydrazine groups is 1. The van der Waals surface area contributed by atoms with Crippen molar-refractivity contribution in [2.75, 3.05) is 6.61 Å². The number of carbonyl (C=O) groups is 1. The third-order valence-electron chi connectivity index (χ3n) is 4.16. The maximum Gasteiger partial charge on any atom is 0.258 e. The maximum absolute atomic E-state index is 12.3. The molecule has 8 heteroatoms. The van der Waals surface area contributed by atoms with Gasteiger partial charge in [0, 0.05) is 16.1 Å². The van der Waals surface area contributed by atoms with Crippen LogP contribution in [-0.4, -0.2) is 29.9 Å². The van der Waals surface area contributed by atoms with Crippen LogP contribution in [0, 0.1) is 0 Å². The molecule has 1 amide bonds. The van der Waals surface area contributed by atoms with Crippen LogP contribution in [0.3, 0.4) is 0 Å². The van der Waals surface area contributed by atoms with Crippen molar-refractivity contribution in [3.8, 4) is 11.5 Å². The van der Waals surface area contributed by atoms with Crippen LogP contribution in [0.1, 0.15) is 30.5 Å². The smallest absolute Gasteiger partial charge is 0.258 e. The lowest BCUT2D eigenvalue weighted by molar-refractivity contribution is -0.122. The normalized spacial score (nSPS) is 19.3. The van der Waals surface area contributed by atoms with Crippen LogP contribution in [0.25, 0.3) is 0 Å². The van der Waals surface area contributed by atoms with Crippen LogP contribution in [-0.2, 0) is 4.79 Å². The molecular weight excluding hydrogens is 412 g/mol. The lowest BCUT2D eigenvalue weighted by Crippen LogP contribution is -2.41. The van der Waals surface area contributed by atoms with E-state index in [1.165, 1.54) is 6.21 Å². The fraction of sp³-hybridized carbons (Fsp3) is 0.263. The van der Waals surface area contributed by atoms with Crippen molar-refractivity contribution in [1.82, 2.24) is 16.3 Å². The SMILES string of the molecule is CCOc1cccc(C2CC(C(=O)N/N=C/c3cc(Br)ccc3O)NN2)c1. The molecule has 0 aromatic heterocycles. The van der Waals surface area contributed by atoms with Gasteiger partial charge >= 0.3 is 0 Å². The van der Waals surface area contributed by atoms with Gasteiger partial charge in [0.2, 0.25) is 0 Å². The summed E-state index contributed by atoms with van der Waals surface area (Å²) in [6.07, 6.45) is 1.99. The third-order valence-corrected chi connectivity index (χ3v) is 4.65. The monoisotopic (exact) mass is 432 g/mol. The number of benzene rings is 2. The minimum atomic E-state index is -0.418. The van der Waals surface area contributed by atoms with Crippen LogP contribution in [0.15, 0.2) is 52.0 Å². The molecule has 1 heterocycles. The van der Waals surface area contributed by atoms with Crippen molar-refractivity contribution in [2.24, 2.45) is 5.10 Å². The molecule has 4 N–H and O–H groups in total. The van der Waals surface area contributed by atoms with Crippen molar-refractivity contribution in [3.63, 3.8) is 0 Å². The second-order valence-corrected chi connectivity index (χ2v) is 6.99. The zero-order valence-electron chi connectivity index (χ0n) is 14.8. The van der Waals surface area contributed by atoms with E-state index >= 15 is 0 Å². The summed E-state index contributed by atoms with van der Waals surface area (Å²) in [6, 6.07) is 12.4. The van der Waals surface area contributed by atoms with Gasteiger partial charge in [-0.3, -0.25) is 4.79 Å². The Labute approximate surface area is 165 Å². The summed E-state index contributed by atoms with van der Waals surface area (Å²) in [6.45, 7) is 2.55. The quantitative estimate of drug-likeness (QED) is 0.415. The Bertz CT molecular complexity index is 843. The summed E-state index contributed by atoms with van der Waals surface area (Å²) in [7, 11) is 0. The van der Waals surface area contributed by atoms with Gasteiger partial charge in [0.05, 0.1) is 12.8 Å². The summed E-state index contributed by atoms with van der Waals surface area (Å²) < 4.78 is 6.34. The van der Waals surface area contributed by atoms with E-state index in [1.54, 1.807) is 18.2 Å². The fourth-order valence-electron chi connectivity index (χ4n) is 2.81. The Hall–Kier alpha value is -2.42. The van der Waals surface area contributed by atoms with Crippen LogP contribution < -0.4 is 21.0 Å². The van der Waals surface area contributed by atoms with E-state index in [1.807, 2.05) is 31.2 Å². The van der Waals surface area contributed by atoms with Gasteiger partial charge in [-0.1, -0.05) is 28.1 Å². The molecule has 2 atom stereocenters. The number of aromatic hydroxyl groups is 1. The number of phenolic OH excluding ortho intramolecular Hbond substituents is 1. The molecule has 27 heavy (non-hydrogen) atoms. The van der Waals surface area contributed by atoms with Crippen molar-refractivity contribution < 1.29 is 14.6 Å². The molecule has 0 saturated carbocycles. The van der Waals surface area contributed by atoms with Gasteiger partial charge in [-0.15, -0.1) is 0 Å². The molecule has 3 rings (SSSR count). The maximum atomic E-state index is 12.3. The first kappa shape index (κ1) is 19.3. The Morgan fingerprint density at radius 3 is 3.04 bits per heavy atom. The summed E-state index contributed by atoms with van der Waals surface area (Å²) >= 11 is 3.33. The highest BCUT2D eigenvalue weighted by Crippen LogP contribution is 2.25. The Morgan fingerprint density at radius 2 is 2.22 bits per heavy atom. The zero-order valence-corrected chi connectivity index (χ0v) is 16.4. The van der Waals surface area contributed by atoms with Crippen molar-refractivity contribution >= 4 is 28.1 Å². The first-order chi connectivity index (χ1) is 13.1. The second kappa shape index (κ2) is 8.98. The number of hydrogen-bond acceptors (Lipinski definition) is 6. The molecule has 7 nitrogen and oxygen atoms in total. The number of ether oxygens (including phenoxy) is 1.